The number of hydrogen-bond acceptors (Lipinski definition) is 4. The van der Waals surface area contributed by atoms with Gasteiger partial charge in [-0.2, -0.15) is 15.4 Å². The number of aromatic amines is 1. The summed E-state index contributed by atoms with van der Waals surface area (Å²) in [6.45, 7) is 4.31. The van der Waals surface area contributed by atoms with Crippen LogP contribution in [0, 0.1) is 12.3 Å². The Bertz CT molecular complexity index is 474. The third-order valence-electron chi connectivity index (χ3n) is 3.60. The van der Waals surface area contributed by atoms with E-state index in [1.165, 1.54) is 0 Å². The van der Waals surface area contributed by atoms with E-state index in [9.17, 15) is 9.59 Å². The highest BCUT2D eigenvalue weighted by Gasteiger charge is 2.38. The number of aryl methyl sites for hydroxylation is 1. The molecule has 1 saturated heterocycles. The molecule has 2 heterocycles. The summed E-state index contributed by atoms with van der Waals surface area (Å²) in [6.07, 6.45) is 0.927. The summed E-state index contributed by atoms with van der Waals surface area (Å²) in [5.74, 6) is -0.985. The first-order valence-corrected chi connectivity index (χ1v) is 5.84. The molecule has 0 spiro atoms. The number of carbonyl (C=O) groups excluding carboxylic acids is 1. The zero-order valence-electron chi connectivity index (χ0n) is 10.4. The topological polar surface area (TPSA) is 99.2 Å². The summed E-state index contributed by atoms with van der Waals surface area (Å²) in [4.78, 5) is 24.9. The third-order valence-corrected chi connectivity index (χ3v) is 3.60. The van der Waals surface area contributed by atoms with Gasteiger partial charge in [0.1, 0.15) is 0 Å². The van der Waals surface area contributed by atoms with E-state index in [4.69, 9.17) is 5.11 Å². The summed E-state index contributed by atoms with van der Waals surface area (Å²) in [7, 11) is 0. The van der Waals surface area contributed by atoms with E-state index in [1.54, 1.807) is 18.7 Å². The van der Waals surface area contributed by atoms with Gasteiger partial charge in [0.15, 0.2) is 5.69 Å². The van der Waals surface area contributed by atoms with E-state index >= 15 is 0 Å². The Morgan fingerprint density at radius 2 is 1.94 bits per heavy atom. The van der Waals surface area contributed by atoms with Crippen LogP contribution in [0.1, 0.15) is 35.9 Å². The summed E-state index contributed by atoms with van der Waals surface area (Å²) in [5.41, 5.74) is 0.149. The predicted octanol–water partition coefficient (Wildman–Crippen LogP) is 0.440. The van der Waals surface area contributed by atoms with Crippen molar-refractivity contribution in [3.05, 3.63) is 11.4 Å². The van der Waals surface area contributed by atoms with E-state index in [0.717, 1.165) is 0 Å². The molecule has 0 radical (unpaired) electrons. The van der Waals surface area contributed by atoms with Crippen LogP contribution in [0.3, 0.4) is 0 Å². The molecule has 1 aliphatic rings. The van der Waals surface area contributed by atoms with Crippen LogP contribution in [0.4, 0.5) is 0 Å². The van der Waals surface area contributed by atoms with Gasteiger partial charge in [-0.3, -0.25) is 9.59 Å². The molecule has 0 aromatic carbocycles. The van der Waals surface area contributed by atoms with E-state index in [2.05, 4.69) is 15.4 Å². The Morgan fingerprint density at radius 3 is 2.39 bits per heavy atom. The van der Waals surface area contributed by atoms with Crippen LogP contribution in [0.2, 0.25) is 0 Å². The van der Waals surface area contributed by atoms with E-state index in [-0.39, 0.29) is 5.91 Å². The highest BCUT2D eigenvalue weighted by Crippen LogP contribution is 2.31. The largest absolute Gasteiger partial charge is 0.481 e. The van der Waals surface area contributed by atoms with Crippen molar-refractivity contribution < 1.29 is 14.7 Å². The molecule has 7 nitrogen and oxygen atoms in total. The van der Waals surface area contributed by atoms with Crippen LogP contribution in [-0.2, 0) is 4.79 Å². The van der Waals surface area contributed by atoms with Crippen LogP contribution in [0.15, 0.2) is 0 Å². The molecule has 0 bridgehead atoms. The number of H-pyrrole nitrogens is 1. The molecule has 2 N–H and O–H groups in total. The van der Waals surface area contributed by atoms with Gasteiger partial charge < -0.3 is 10.0 Å². The number of carbonyl (C=O) groups is 2. The maximum Gasteiger partial charge on any atom is 0.309 e. The quantitative estimate of drug-likeness (QED) is 0.795. The Morgan fingerprint density at radius 1 is 1.33 bits per heavy atom. The first-order chi connectivity index (χ1) is 8.44. The van der Waals surface area contributed by atoms with Crippen LogP contribution in [0.25, 0.3) is 0 Å². The first-order valence-electron chi connectivity index (χ1n) is 5.84. The standard InChI is InChI=1S/C11H16N4O3/c1-7-8(13-14-12-7)9(16)15-5-3-11(2,4-6-15)10(17)18/h3-6H2,1-2H3,(H,17,18)(H,12,13,14). The number of nitrogens with zero attached hydrogens (tertiary/aromatic N) is 3. The van der Waals surface area contributed by atoms with Crippen LogP contribution < -0.4 is 0 Å². The van der Waals surface area contributed by atoms with Gasteiger partial charge in [-0.25, -0.2) is 0 Å². The van der Waals surface area contributed by atoms with Crippen molar-refractivity contribution in [3.8, 4) is 0 Å². The van der Waals surface area contributed by atoms with Gasteiger partial charge >= 0.3 is 5.97 Å². The highest BCUT2D eigenvalue weighted by atomic mass is 16.4. The van der Waals surface area contributed by atoms with Gasteiger partial charge in [-0.15, -0.1) is 0 Å². The summed E-state index contributed by atoms with van der Waals surface area (Å²) in [6, 6.07) is 0. The van der Waals surface area contributed by atoms with Gasteiger partial charge in [0.05, 0.1) is 11.1 Å². The summed E-state index contributed by atoms with van der Waals surface area (Å²) in [5, 5.41) is 19.2. The second-order valence-corrected chi connectivity index (χ2v) is 4.92. The average molecular weight is 252 g/mol. The molecule has 1 aromatic rings. The zero-order valence-corrected chi connectivity index (χ0v) is 10.4. The molecular formula is C11H16N4O3. The van der Waals surface area contributed by atoms with Crippen molar-refractivity contribution in [2.75, 3.05) is 13.1 Å². The molecular weight excluding hydrogens is 236 g/mol. The molecule has 1 amide bonds. The molecule has 18 heavy (non-hydrogen) atoms. The number of rotatable bonds is 2. The van der Waals surface area contributed by atoms with Crippen molar-refractivity contribution >= 4 is 11.9 Å². The number of carboxylic acid groups (broad SMARTS) is 1. The molecule has 1 aliphatic heterocycles. The van der Waals surface area contributed by atoms with Crippen molar-refractivity contribution in [1.82, 2.24) is 20.3 Å². The molecule has 98 valence electrons. The Hall–Kier alpha value is -1.92. The number of likely N-dealkylation sites (tertiary alicyclic amines) is 1. The minimum atomic E-state index is -0.799. The zero-order chi connectivity index (χ0) is 13.3. The van der Waals surface area contributed by atoms with Gasteiger partial charge in [0.25, 0.3) is 5.91 Å². The fourth-order valence-corrected chi connectivity index (χ4v) is 2.05. The molecule has 0 aliphatic carbocycles. The summed E-state index contributed by atoms with van der Waals surface area (Å²) >= 11 is 0. The van der Waals surface area contributed by atoms with Crippen LogP contribution >= 0.6 is 0 Å². The van der Waals surface area contributed by atoms with Crippen molar-refractivity contribution in [2.24, 2.45) is 5.41 Å². The molecule has 1 aromatic heterocycles. The monoisotopic (exact) mass is 252 g/mol. The second-order valence-electron chi connectivity index (χ2n) is 4.92. The third kappa shape index (κ3) is 2.07. The lowest BCUT2D eigenvalue weighted by molar-refractivity contribution is -0.150. The minimum absolute atomic E-state index is 0.186. The number of hydrogen-bond donors (Lipinski definition) is 2. The lowest BCUT2D eigenvalue weighted by Crippen LogP contribution is -2.45. The lowest BCUT2D eigenvalue weighted by Gasteiger charge is -2.36. The van der Waals surface area contributed by atoms with Gasteiger partial charge in [0, 0.05) is 13.1 Å². The molecule has 0 atom stereocenters. The normalized spacial score (nSPS) is 18.7. The highest BCUT2D eigenvalue weighted by molar-refractivity contribution is 5.93. The van der Waals surface area contributed by atoms with E-state index < -0.39 is 11.4 Å². The van der Waals surface area contributed by atoms with Gasteiger partial charge in [-0.05, 0) is 26.7 Å². The van der Waals surface area contributed by atoms with Gasteiger partial charge in [0.2, 0.25) is 0 Å². The number of nitrogens with one attached hydrogen (secondary N) is 1. The van der Waals surface area contributed by atoms with E-state index in [0.29, 0.717) is 37.3 Å². The van der Waals surface area contributed by atoms with Crippen LogP contribution in [-0.4, -0.2) is 50.4 Å². The first kappa shape index (κ1) is 12.5. The number of piperidine rings is 1. The Balaban J connectivity index is 2.05. The minimum Gasteiger partial charge on any atom is -0.481 e. The van der Waals surface area contributed by atoms with Crippen LogP contribution in [0.5, 0.6) is 0 Å². The maximum atomic E-state index is 12.1. The molecule has 7 heteroatoms. The number of amides is 1. The van der Waals surface area contributed by atoms with E-state index in [1.807, 2.05) is 0 Å². The molecule has 1 fully saturated rings. The molecule has 2 rings (SSSR count). The lowest BCUT2D eigenvalue weighted by atomic mass is 9.80. The van der Waals surface area contributed by atoms with Crippen molar-refractivity contribution in [1.29, 1.82) is 0 Å². The van der Waals surface area contributed by atoms with Crippen molar-refractivity contribution in [3.63, 3.8) is 0 Å². The molecule has 0 unspecified atom stereocenters. The smallest absolute Gasteiger partial charge is 0.309 e. The summed E-state index contributed by atoms with van der Waals surface area (Å²) < 4.78 is 0. The van der Waals surface area contributed by atoms with Crippen molar-refractivity contribution in [2.45, 2.75) is 26.7 Å². The number of aliphatic carboxylic acids is 1. The Kier molecular flexibility index (Phi) is 3.06. The molecule has 0 saturated carbocycles. The maximum absolute atomic E-state index is 12.1. The fraction of sp³-hybridized carbons (Fsp3) is 0.636. The number of carboxylic acids is 1. The SMILES string of the molecule is Cc1n[nH]nc1C(=O)N1CCC(C)(C(=O)O)CC1. The Labute approximate surface area is 104 Å². The average Bonchev–Trinajstić information content (AvgIpc) is 2.75. The van der Waals surface area contributed by atoms with Gasteiger partial charge in [-0.1, -0.05) is 0 Å². The fourth-order valence-electron chi connectivity index (χ4n) is 2.05. The predicted molar refractivity (Wildman–Crippen MR) is 62.0 cm³/mol. The number of aromatic nitrogens is 3. The second kappa shape index (κ2) is 4.40.